The molecular weight excluding hydrogens is 124 g/mol. The second kappa shape index (κ2) is 16.2. The Kier molecular flexibility index (Phi) is 31.7. The molecule has 3 nitrogen and oxygen atoms in total. The van der Waals surface area contributed by atoms with Gasteiger partial charge in [0.05, 0.1) is 0 Å². The van der Waals surface area contributed by atoms with Crippen LogP contribution in [0.4, 0.5) is 4.79 Å². The van der Waals surface area contributed by atoms with Crippen LogP contribution in [0, 0.1) is 0 Å². The minimum Gasteiger partial charge on any atom is -0.352 e. The van der Waals surface area contributed by atoms with E-state index in [2.05, 4.69) is 18.0 Å². The average molecular weight is 136 g/mol. The van der Waals surface area contributed by atoms with Crippen LogP contribution in [-0.4, -0.2) is 6.03 Å². The summed E-state index contributed by atoms with van der Waals surface area (Å²) in [6.45, 7) is 5.25. The van der Waals surface area contributed by atoms with E-state index < -0.39 is 6.03 Å². The molecule has 4 heteroatoms. The molecule has 0 aliphatic carbocycles. The summed E-state index contributed by atoms with van der Waals surface area (Å²) in [5, 5.41) is 0. The quantitative estimate of drug-likeness (QED) is 0.463. The van der Waals surface area contributed by atoms with Gasteiger partial charge in [0.25, 0.3) is 0 Å². The summed E-state index contributed by atoms with van der Waals surface area (Å²) in [5.41, 5.74) is 8.50. The zero-order valence-corrected chi connectivity index (χ0v) is 5.85. The number of amides is 2. The fraction of sp³-hybridized carbons (Fsp3) is 0.250. The van der Waals surface area contributed by atoms with Gasteiger partial charge < -0.3 is 11.5 Å². The lowest BCUT2D eigenvalue weighted by atomic mass is 10.8. The van der Waals surface area contributed by atoms with E-state index in [1.54, 1.807) is 6.08 Å². The molecular formula is C4H12N2OS. The van der Waals surface area contributed by atoms with Crippen molar-refractivity contribution in [2.75, 3.05) is 0 Å². The van der Waals surface area contributed by atoms with Crippen molar-refractivity contribution in [1.29, 1.82) is 0 Å². The van der Waals surface area contributed by atoms with Crippen LogP contribution >= 0.6 is 13.5 Å². The van der Waals surface area contributed by atoms with Crippen LogP contribution in [-0.2, 0) is 0 Å². The number of carbonyl (C=O) groups excluding carboxylic acids is 1. The molecule has 0 fully saturated rings. The van der Waals surface area contributed by atoms with E-state index in [1.165, 1.54) is 0 Å². The maximum Gasteiger partial charge on any atom is 0.309 e. The molecule has 0 radical (unpaired) electrons. The highest BCUT2D eigenvalue weighted by Gasteiger charge is 1.60. The Morgan fingerprint density at radius 2 is 1.62 bits per heavy atom. The van der Waals surface area contributed by atoms with Crippen molar-refractivity contribution < 1.29 is 4.79 Å². The SMILES string of the molecule is C=CC.NC(N)=O.S. The van der Waals surface area contributed by atoms with Crippen molar-refractivity contribution in [2.24, 2.45) is 11.5 Å². The zero-order valence-electron chi connectivity index (χ0n) is 4.85. The topological polar surface area (TPSA) is 69.1 Å². The highest BCUT2D eigenvalue weighted by Crippen LogP contribution is 1.38. The van der Waals surface area contributed by atoms with Crippen molar-refractivity contribution in [3.63, 3.8) is 0 Å². The van der Waals surface area contributed by atoms with Gasteiger partial charge in [0, 0.05) is 0 Å². The van der Waals surface area contributed by atoms with Gasteiger partial charge in [-0.05, 0) is 6.92 Å². The van der Waals surface area contributed by atoms with Crippen molar-refractivity contribution in [3.8, 4) is 0 Å². The molecule has 0 aromatic carbocycles. The molecule has 0 aliphatic heterocycles. The fourth-order valence-corrected chi connectivity index (χ4v) is 0. The molecule has 50 valence electrons. The second-order valence-corrected chi connectivity index (χ2v) is 0.811. The second-order valence-electron chi connectivity index (χ2n) is 0.811. The summed E-state index contributed by atoms with van der Waals surface area (Å²) >= 11 is 0. The first-order valence-electron chi connectivity index (χ1n) is 1.77. The largest absolute Gasteiger partial charge is 0.352 e. The van der Waals surface area contributed by atoms with Gasteiger partial charge >= 0.3 is 6.03 Å². The number of hydrogen-bond donors (Lipinski definition) is 2. The number of carbonyl (C=O) groups is 1. The standard InChI is InChI=1S/C3H6.CH4N2O.H2S/c1-3-2;2-1(3)4;/h3H,1H2,2H3;(H4,2,3,4);1H2. The van der Waals surface area contributed by atoms with E-state index in [0.29, 0.717) is 0 Å². The Hall–Kier alpha value is -0.640. The average Bonchev–Trinajstić information content (AvgIpc) is 1.33. The minimum atomic E-state index is -0.833. The van der Waals surface area contributed by atoms with Gasteiger partial charge in [-0.25, -0.2) is 4.79 Å². The fourth-order valence-electron chi connectivity index (χ4n) is 0. The molecule has 0 atom stereocenters. The van der Waals surface area contributed by atoms with Crippen LogP contribution in [0.2, 0.25) is 0 Å². The van der Waals surface area contributed by atoms with Crippen molar-refractivity contribution in [1.82, 2.24) is 0 Å². The highest BCUT2D eigenvalue weighted by molar-refractivity contribution is 7.59. The lowest BCUT2D eigenvalue weighted by Gasteiger charge is -1.62. The predicted molar refractivity (Wildman–Crippen MR) is 40.0 cm³/mol. The van der Waals surface area contributed by atoms with Crippen LogP contribution in [0.5, 0.6) is 0 Å². The molecule has 0 spiro atoms. The smallest absolute Gasteiger partial charge is 0.309 e. The van der Waals surface area contributed by atoms with Crippen molar-refractivity contribution >= 4 is 19.5 Å². The predicted octanol–water partition coefficient (Wildman–Crippen LogP) is 0.329. The van der Waals surface area contributed by atoms with E-state index in [9.17, 15) is 0 Å². The normalized spacial score (nSPS) is 4.62. The van der Waals surface area contributed by atoms with E-state index in [4.69, 9.17) is 4.79 Å². The summed E-state index contributed by atoms with van der Waals surface area (Å²) in [6.07, 6.45) is 1.75. The number of rotatable bonds is 0. The molecule has 0 rings (SSSR count). The molecule has 4 N–H and O–H groups in total. The zero-order chi connectivity index (χ0) is 6.28. The van der Waals surface area contributed by atoms with Crippen LogP contribution in [0.3, 0.4) is 0 Å². The molecule has 0 aliphatic rings. The molecule has 0 unspecified atom stereocenters. The molecule has 0 bridgehead atoms. The van der Waals surface area contributed by atoms with Gasteiger partial charge in [-0.2, -0.15) is 13.5 Å². The first-order chi connectivity index (χ1) is 3.15. The van der Waals surface area contributed by atoms with Crippen molar-refractivity contribution in [3.05, 3.63) is 12.7 Å². The van der Waals surface area contributed by atoms with Gasteiger partial charge in [-0.3, -0.25) is 0 Å². The number of urea groups is 1. The maximum absolute atomic E-state index is 9.00. The molecule has 0 heterocycles. The van der Waals surface area contributed by atoms with Crippen LogP contribution in [0.25, 0.3) is 0 Å². The monoisotopic (exact) mass is 136 g/mol. The Balaban J connectivity index is -0.0000000575. The van der Waals surface area contributed by atoms with Gasteiger partial charge in [0.15, 0.2) is 0 Å². The number of hydrogen-bond acceptors (Lipinski definition) is 1. The third kappa shape index (κ3) is 249. The van der Waals surface area contributed by atoms with Crippen LogP contribution in [0.1, 0.15) is 6.92 Å². The molecule has 2 amide bonds. The number of primary amides is 2. The highest BCUT2D eigenvalue weighted by atomic mass is 32.1. The first-order valence-corrected chi connectivity index (χ1v) is 1.77. The Morgan fingerprint density at radius 3 is 1.62 bits per heavy atom. The Bertz CT molecular complexity index is 61.1. The van der Waals surface area contributed by atoms with Gasteiger partial charge in [-0.1, -0.05) is 6.08 Å². The van der Waals surface area contributed by atoms with Crippen LogP contribution < -0.4 is 11.5 Å². The summed E-state index contributed by atoms with van der Waals surface area (Å²) in [7, 11) is 0. The first kappa shape index (κ1) is 15.7. The van der Waals surface area contributed by atoms with Gasteiger partial charge in [0.2, 0.25) is 0 Å². The Labute approximate surface area is 56.2 Å². The van der Waals surface area contributed by atoms with E-state index >= 15 is 0 Å². The third-order valence-electron chi connectivity index (χ3n) is 0. The molecule has 0 saturated carbocycles. The van der Waals surface area contributed by atoms with Crippen LogP contribution in [0.15, 0.2) is 12.7 Å². The van der Waals surface area contributed by atoms with E-state index in [-0.39, 0.29) is 13.5 Å². The van der Waals surface area contributed by atoms with Gasteiger partial charge in [0.1, 0.15) is 0 Å². The number of nitrogens with two attached hydrogens (primary N) is 2. The Morgan fingerprint density at radius 1 is 1.62 bits per heavy atom. The summed E-state index contributed by atoms with van der Waals surface area (Å²) in [4.78, 5) is 9.00. The van der Waals surface area contributed by atoms with Gasteiger partial charge in [-0.15, -0.1) is 6.58 Å². The van der Waals surface area contributed by atoms with Crippen molar-refractivity contribution in [2.45, 2.75) is 6.92 Å². The van der Waals surface area contributed by atoms with E-state index in [1.807, 2.05) is 6.92 Å². The summed E-state index contributed by atoms with van der Waals surface area (Å²) in [5.74, 6) is 0. The molecule has 0 aromatic heterocycles. The minimum absolute atomic E-state index is 0. The number of allylic oxidation sites excluding steroid dienone is 1. The molecule has 0 saturated heterocycles. The lowest BCUT2D eigenvalue weighted by molar-refractivity contribution is 0.256. The summed E-state index contributed by atoms with van der Waals surface area (Å²) in [6, 6.07) is -0.833. The summed E-state index contributed by atoms with van der Waals surface area (Å²) < 4.78 is 0. The maximum atomic E-state index is 9.00. The van der Waals surface area contributed by atoms with E-state index in [0.717, 1.165) is 0 Å². The third-order valence-corrected chi connectivity index (χ3v) is 0. The molecule has 0 aromatic rings. The lowest BCUT2D eigenvalue weighted by Crippen LogP contribution is -2.18. The molecule has 8 heavy (non-hydrogen) atoms.